The van der Waals surface area contributed by atoms with Gasteiger partial charge >= 0.3 is 0 Å². The Balaban J connectivity index is 1.32. The van der Waals surface area contributed by atoms with Gasteiger partial charge in [0.25, 0.3) is 5.91 Å². The van der Waals surface area contributed by atoms with Gasteiger partial charge in [0.05, 0.1) is 12.0 Å². The maximum atomic E-state index is 11.9. The Morgan fingerprint density at radius 3 is 2.72 bits per heavy atom. The first kappa shape index (κ1) is 22.3. The minimum Gasteiger partial charge on any atom is -0.350 e. The number of hydroxylamine groups is 1. The van der Waals surface area contributed by atoms with E-state index in [2.05, 4.69) is 22.0 Å². The number of amides is 1. The van der Waals surface area contributed by atoms with Crippen LogP contribution in [0.15, 0.2) is 60.9 Å². The number of carbonyl (C=O) groups is 1. The van der Waals surface area contributed by atoms with Gasteiger partial charge < -0.3 is 9.30 Å². The Morgan fingerprint density at radius 1 is 1.22 bits per heavy atom. The van der Waals surface area contributed by atoms with Crippen LogP contribution in [-0.4, -0.2) is 28.4 Å². The minimum atomic E-state index is -0.354. The molecule has 1 aliphatic heterocycles. The normalized spacial score (nSPS) is 16.4. The Hall–Kier alpha value is -2.93. The molecule has 1 atom stereocenters. The molecule has 2 aromatic carbocycles. The standard InChI is InChI=1S/C25H26ClN3O3/c1-18-25(21-10-12-22(26)13-11-21)27-17-29(18)16-20-7-5-19(6-8-20)9-14-23(30)28-32-24-4-2-3-15-31-24/h5-14,17,24H,2-4,15-16H2,1H3,(H,28,30). The van der Waals surface area contributed by atoms with Crippen molar-refractivity contribution in [3.05, 3.63) is 82.8 Å². The molecule has 0 radical (unpaired) electrons. The van der Waals surface area contributed by atoms with Crippen LogP contribution >= 0.6 is 11.6 Å². The van der Waals surface area contributed by atoms with E-state index in [0.717, 1.165) is 47.3 Å². The van der Waals surface area contributed by atoms with Gasteiger partial charge in [-0.2, -0.15) is 0 Å². The van der Waals surface area contributed by atoms with Crippen LogP contribution in [0.4, 0.5) is 0 Å². The summed E-state index contributed by atoms with van der Waals surface area (Å²) in [5.74, 6) is -0.313. The van der Waals surface area contributed by atoms with Gasteiger partial charge in [0.2, 0.25) is 0 Å². The van der Waals surface area contributed by atoms with Crippen molar-refractivity contribution in [1.82, 2.24) is 15.0 Å². The Morgan fingerprint density at radius 2 is 2.00 bits per heavy atom. The molecule has 0 spiro atoms. The maximum absolute atomic E-state index is 11.9. The molecule has 3 aromatic rings. The number of benzene rings is 2. The van der Waals surface area contributed by atoms with E-state index in [9.17, 15) is 4.79 Å². The number of hydrogen-bond donors (Lipinski definition) is 1. The zero-order valence-electron chi connectivity index (χ0n) is 18.0. The van der Waals surface area contributed by atoms with Crippen LogP contribution in [0.1, 0.15) is 36.1 Å². The van der Waals surface area contributed by atoms with Crippen molar-refractivity contribution >= 4 is 23.6 Å². The molecule has 1 N–H and O–H groups in total. The topological polar surface area (TPSA) is 65.4 Å². The molecule has 1 saturated heterocycles. The summed E-state index contributed by atoms with van der Waals surface area (Å²) in [6.45, 7) is 3.45. The molecule has 2 heterocycles. The van der Waals surface area contributed by atoms with E-state index < -0.39 is 0 Å². The average Bonchev–Trinajstić information content (AvgIpc) is 3.18. The second-order valence-corrected chi connectivity index (χ2v) is 8.21. The first-order chi connectivity index (χ1) is 15.6. The smallest absolute Gasteiger partial charge is 0.267 e. The minimum absolute atomic E-state index is 0.313. The molecule has 1 unspecified atom stereocenters. The van der Waals surface area contributed by atoms with Gasteiger partial charge in [0.15, 0.2) is 6.29 Å². The molecule has 1 fully saturated rings. The van der Waals surface area contributed by atoms with Crippen molar-refractivity contribution in [2.24, 2.45) is 0 Å². The summed E-state index contributed by atoms with van der Waals surface area (Å²) >= 11 is 5.99. The summed E-state index contributed by atoms with van der Waals surface area (Å²) in [5.41, 5.74) is 7.59. The van der Waals surface area contributed by atoms with Gasteiger partial charge in [-0.25, -0.2) is 15.3 Å². The van der Waals surface area contributed by atoms with Crippen molar-refractivity contribution in [2.45, 2.75) is 39.0 Å². The molecule has 1 amide bonds. The van der Waals surface area contributed by atoms with E-state index in [1.54, 1.807) is 6.08 Å². The van der Waals surface area contributed by atoms with Crippen LogP contribution in [0, 0.1) is 6.92 Å². The van der Waals surface area contributed by atoms with Gasteiger partial charge in [-0.3, -0.25) is 4.79 Å². The summed E-state index contributed by atoms with van der Waals surface area (Å²) in [6, 6.07) is 15.8. The number of nitrogens with one attached hydrogen (secondary N) is 1. The van der Waals surface area contributed by atoms with Crippen LogP contribution < -0.4 is 5.48 Å². The Kier molecular flexibility index (Phi) is 7.37. The van der Waals surface area contributed by atoms with Crippen LogP contribution in [0.25, 0.3) is 17.3 Å². The van der Waals surface area contributed by atoms with Crippen LogP contribution in [-0.2, 0) is 20.9 Å². The zero-order chi connectivity index (χ0) is 22.3. The van der Waals surface area contributed by atoms with Crippen molar-refractivity contribution in [3.8, 4) is 11.3 Å². The molecular weight excluding hydrogens is 426 g/mol. The lowest BCUT2D eigenvalue weighted by Crippen LogP contribution is -2.32. The summed E-state index contributed by atoms with van der Waals surface area (Å²) < 4.78 is 7.54. The number of hydrogen-bond acceptors (Lipinski definition) is 4. The molecule has 0 bridgehead atoms. The molecule has 6 nitrogen and oxygen atoms in total. The summed E-state index contributed by atoms with van der Waals surface area (Å²) in [7, 11) is 0. The Bertz CT molecular complexity index is 1070. The first-order valence-corrected chi connectivity index (χ1v) is 11.1. The number of ether oxygens (including phenoxy) is 1. The molecule has 7 heteroatoms. The largest absolute Gasteiger partial charge is 0.350 e. The highest BCUT2D eigenvalue weighted by molar-refractivity contribution is 6.30. The number of imidazole rings is 1. The Labute approximate surface area is 192 Å². The summed E-state index contributed by atoms with van der Waals surface area (Å²) in [4.78, 5) is 21.8. The van der Waals surface area contributed by atoms with E-state index in [1.165, 1.54) is 6.08 Å². The predicted molar refractivity (Wildman–Crippen MR) is 125 cm³/mol. The lowest BCUT2D eigenvalue weighted by atomic mass is 10.1. The molecule has 166 valence electrons. The number of rotatable bonds is 7. The molecular formula is C25H26ClN3O3. The number of nitrogens with zero attached hydrogens (tertiary/aromatic N) is 2. The quantitative estimate of drug-likeness (QED) is 0.398. The third-order valence-electron chi connectivity index (χ3n) is 5.41. The highest BCUT2D eigenvalue weighted by Gasteiger charge is 2.15. The van der Waals surface area contributed by atoms with Crippen LogP contribution in [0.2, 0.25) is 5.02 Å². The number of carbonyl (C=O) groups excluding carboxylic acids is 1. The van der Waals surface area contributed by atoms with Gasteiger partial charge in [-0.05, 0) is 49.1 Å². The lowest BCUT2D eigenvalue weighted by molar-refractivity contribution is -0.198. The lowest BCUT2D eigenvalue weighted by Gasteiger charge is -2.21. The fourth-order valence-corrected chi connectivity index (χ4v) is 3.68. The molecule has 1 aliphatic rings. The summed E-state index contributed by atoms with van der Waals surface area (Å²) in [5, 5.41) is 0.711. The molecule has 0 saturated carbocycles. The van der Waals surface area contributed by atoms with Gasteiger partial charge in [-0.1, -0.05) is 48.0 Å². The molecule has 4 rings (SSSR count). The highest BCUT2D eigenvalue weighted by atomic mass is 35.5. The van der Waals surface area contributed by atoms with Gasteiger partial charge in [0, 0.05) is 41.9 Å². The van der Waals surface area contributed by atoms with E-state index >= 15 is 0 Å². The molecule has 0 aliphatic carbocycles. The predicted octanol–water partition coefficient (Wildman–Crippen LogP) is 5.15. The van der Waals surface area contributed by atoms with Crippen molar-refractivity contribution in [3.63, 3.8) is 0 Å². The monoisotopic (exact) mass is 451 g/mol. The van der Waals surface area contributed by atoms with E-state index in [1.807, 2.05) is 54.9 Å². The van der Waals surface area contributed by atoms with Gasteiger partial charge in [0.1, 0.15) is 0 Å². The first-order valence-electron chi connectivity index (χ1n) is 10.7. The average molecular weight is 452 g/mol. The van der Waals surface area contributed by atoms with E-state index in [0.29, 0.717) is 18.2 Å². The fourth-order valence-electron chi connectivity index (χ4n) is 3.56. The van der Waals surface area contributed by atoms with Crippen molar-refractivity contribution in [2.75, 3.05) is 6.61 Å². The van der Waals surface area contributed by atoms with Gasteiger partial charge in [-0.15, -0.1) is 0 Å². The number of halogens is 1. The highest BCUT2D eigenvalue weighted by Crippen LogP contribution is 2.24. The number of aromatic nitrogens is 2. The third kappa shape index (κ3) is 5.85. The second-order valence-electron chi connectivity index (χ2n) is 7.77. The second kappa shape index (κ2) is 10.6. The van der Waals surface area contributed by atoms with Crippen LogP contribution in [0.5, 0.6) is 0 Å². The van der Waals surface area contributed by atoms with Crippen molar-refractivity contribution in [1.29, 1.82) is 0 Å². The van der Waals surface area contributed by atoms with Crippen molar-refractivity contribution < 1.29 is 14.4 Å². The van der Waals surface area contributed by atoms with E-state index in [4.69, 9.17) is 21.2 Å². The maximum Gasteiger partial charge on any atom is 0.267 e. The molecule has 1 aromatic heterocycles. The van der Waals surface area contributed by atoms with E-state index in [-0.39, 0.29) is 12.2 Å². The SMILES string of the molecule is Cc1c(-c2ccc(Cl)cc2)ncn1Cc1ccc(C=CC(=O)NOC2CCCCO2)cc1. The molecule has 32 heavy (non-hydrogen) atoms. The third-order valence-corrected chi connectivity index (χ3v) is 5.66. The van der Waals surface area contributed by atoms with Crippen LogP contribution in [0.3, 0.4) is 0 Å². The summed E-state index contributed by atoms with van der Waals surface area (Å²) in [6.07, 6.45) is 7.59. The zero-order valence-corrected chi connectivity index (χ0v) is 18.7. The fraction of sp³-hybridized carbons (Fsp3) is 0.280.